The second kappa shape index (κ2) is 6.73. The molecule has 0 aliphatic rings. The fraction of sp³-hybridized carbons (Fsp3) is 0.545. The van der Waals surface area contributed by atoms with E-state index in [1.165, 1.54) is 0 Å². The van der Waals surface area contributed by atoms with Crippen molar-refractivity contribution in [3.8, 4) is 0 Å². The number of unbranched alkanes of at least 4 members (excludes halogenated alkanes) is 3. The van der Waals surface area contributed by atoms with Gasteiger partial charge >= 0.3 is 11.7 Å². The summed E-state index contributed by atoms with van der Waals surface area (Å²) in [6.07, 6.45) is 4.51. The Kier molecular flexibility index (Phi) is 5.29. The number of hydrogen-bond acceptors (Lipinski definition) is 3. The van der Waals surface area contributed by atoms with Crippen molar-refractivity contribution in [3.63, 3.8) is 0 Å². The molecular formula is C11H16FN3O3. The molecule has 0 atom stereocenters. The fourth-order valence-electron chi connectivity index (χ4n) is 1.47. The Morgan fingerprint density at radius 3 is 2.72 bits per heavy atom. The summed E-state index contributed by atoms with van der Waals surface area (Å²) < 4.78 is 13.1. The van der Waals surface area contributed by atoms with Crippen molar-refractivity contribution < 1.29 is 9.28 Å². The minimum absolute atomic E-state index is 0.236. The number of carbonyl (C=O) groups excluding carboxylic acids is 1. The van der Waals surface area contributed by atoms with Crippen molar-refractivity contribution in [3.05, 3.63) is 33.1 Å². The zero-order chi connectivity index (χ0) is 13.5. The van der Waals surface area contributed by atoms with Crippen LogP contribution >= 0.6 is 0 Å². The first-order valence-corrected chi connectivity index (χ1v) is 5.87. The maximum absolute atomic E-state index is 12.9. The van der Waals surface area contributed by atoms with Gasteiger partial charge < -0.3 is 5.32 Å². The fourth-order valence-corrected chi connectivity index (χ4v) is 1.47. The van der Waals surface area contributed by atoms with Crippen molar-refractivity contribution in [1.82, 2.24) is 14.7 Å². The van der Waals surface area contributed by atoms with E-state index in [4.69, 9.17) is 0 Å². The number of amides is 1. The monoisotopic (exact) mass is 257 g/mol. The number of halogens is 1. The van der Waals surface area contributed by atoms with Crippen LogP contribution in [0.25, 0.3) is 0 Å². The summed E-state index contributed by atoms with van der Waals surface area (Å²) in [4.78, 5) is 33.8. The Hall–Kier alpha value is -1.92. The molecule has 0 fully saturated rings. The first-order valence-electron chi connectivity index (χ1n) is 5.87. The smallest absolute Gasteiger partial charge is 0.337 e. The first kappa shape index (κ1) is 14.1. The molecule has 0 bridgehead atoms. The van der Waals surface area contributed by atoms with Crippen LogP contribution in [0.4, 0.5) is 9.28 Å². The second-order valence-corrected chi connectivity index (χ2v) is 3.88. The maximum atomic E-state index is 12.9. The zero-order valence-electron chi connectivity index (χ0n) is 10.2. The molecule has 100 valence electrons. The molecule has 0 aliphatic heterocycles. The van der Waals surface area contributed by atoms with Gasteiger partial charge in [0.1, 0.15) is 0 Å². The standard InChI is InChI=1S/C11H16FN3O3/c1-2-3-4-5-7-13-10(17)15-9(16)6-8-14(12)11(15)18/h6,8H,2-5,7H2,1H3,(H,13,17). The molecule has 0 saturated heterocycles. The van der Waals surface area contributed by atoms with Crippen molar-refractivity contribution in [2.45, 2.75) is 32.6 Å². The molecule has 0 aromatic carbocycles. The van der Waals surface area contributed by atoms with E-state index >= 15 is 0 Å². The normalized spacial score (nSPS) is 10.3. The van der Waals surface area contributed by atoms with Gasteiger partial charge in [0.15, 0.2) is 0 Å². The van der Waals surface area contributed by atoms with Crippen LogP contribution in [0.5, 0.6) is 0 Å². The molecule has 7 heteroatoms. The molecule has 1 N–H and O–H groups in total. The zero-order valence-corrected chi connectivity index (χ0v) is 10.2. The number of nitrogens with zero attached hydrogens (tertiary/aromatic N) is 2. The second-order valence-electron chi connectivity index (χ2n) is 3.88. The van der Waals surface area contributed by atoms with E-state index in [9.17, 15) is 18.9 Å². The van der Waals surface area contributed by atoms with E-state index < -0.39 is 17.3 Å². The maximum Gasteiger partial charge on any atom is 0.367 e. The van der Waals surface area contributed by atoms with Crippen molar-refractivity contribution in [2.24, 2.45) is 0 Å². The molecule has 1 aromatic heterocycles. The Balaban J connectivity index is 2.65. The molecule has 0 radical (unpaired) electrons. The van der Waals surface area contributed by atoms with Crippen molar-refractivity contribution in [1.29, 1.82) is 0 Å². The largest absolute Gasteiger partial charge is 0.367 e. The summed E-state index contributed by atoms with van der Waals surface area (Å²) >= 11 is 0. The van der Waals surface area contributed by atoms with E-state index in [-0.39, 0.29) is 9.36 Å². The SMILES string of the molecule is CCCCCCNC(=O)n1c(=O)ccn(F)c1=O. The molecule has 0 spiro atoms. The minimum atomic E-state index is -1.30. The van der Waals surface area contributed by atoms with Crippen LogP contribution in [-0.4, -0.2) is 21.9 Å². The van der Waals surface area contributed by atoms with Crippen molar-refractivity contribution in [2.75, 3.05) is 6.54 Å². The van der Waals surface area contributed by atoms with Gasteiger partial charge in [-0.15, -0.1) is 4.79 Å². The summed E-state index contributed by atoms with van der Waals surface area (Å²) in [5.74, 6) is 0. The Labute approximate surface area is 103 Å². The minimum Gasteiger partial charge on any atom is -0.337 e. The van der Waals surface area contributed by atoms with Gasteiger partial charge in [-0.25, -0.2) is 9.59 Å². The Bertz CT molecular complexity index is 521. The molecule has 1 heterocycles. The van der Waals surface area contributed by atoms with E-state index in [0.29, 0.717) is 12.7 Å². The number of aromatic nitrogens is 2. The predicted octanol–water partition coefficient (Wildman–Crippen LogP) is 0.881. The molecule has 6 nitrogen and oxygen atoms in total. The molecule has 0 aliphatic carbocycles. The van der Waals surface area contributed by atoms with E-state index in [0.717, 1.165) is 31.7 Å². The average molecular weight is 257 g/mol. The Morgan fingerprint density at radius 2 is 2.06 bits per heavy atom. The molecule has 18 heavy (non-hydrogen) atoms. The topological polar surface area (TPSA) is 73.1 Å². The Morgan fingerprint density at radius 1 is 1.33 bits per heavy atom. The highest BCUT2D eigenvalue weighted by atomic mass is 19.2. The number of rotatable bonds is 5. The quantitative estimate of drug-likeness (QED) is 0.796. The van der Waals surface area contributed by atoms with E-state index in [1.807, 2.05) is 0 Å². The van der Waals surface area contributed by atoms with Crippen LogP contribution in [0, 0.1) is 0 Å². The van der Waals surface area contributed by atoms with Crippen LogP contribution in [0.1, 0.15) is 32.6 Å². The van der Waals surface area contributed by atoms with Gasteiger partial charge in [0.05, 0.1) is 0 Å². The van der Waals surface area contributed by atoms with E-state index in [1.54, 1.807) is 0 Å². The highest BCUT2D eigenvalue weighted by molar-refractivity contribution is 5.76. The van der Waals surface area contributed by atoms with Gasteiger partial charge in [-0.2, -0.15) is 4.57 Å². The number of nitrogens with one attached hydrogen (secondary N) is 1. The summed E-state index contributed by atoms with van der Waals surface area (Å²) in [7, 11) is 0. The van der Waals surface area contributed by atoms with Gasteiger partial charge in [-0.1, -0.05) is 30.7 Å². The van der Waals surface area contributed by atoms with Gasteiger partial charge in [-0.3, -0.25) is 4.79 Å². The molecule has 1 aromatic rings. The highest BCUT2D eigenvalue weighted by Gasteiger charge is 2.12. The van der Waals surface area contributed by atoms with Crippen LogP contribution in [0.2, 0.25) is 0 Å². The number of hydrogen-bond donors (Lipinski definition) is 1. The lowest BCUT2D eigenvalue weighted by molar-refractivity contribution is 0.236. The third-order valence-electron chi connectivity index (χ3n) is 2.45. The van der Waals surface area contributed by atoms with Crippen LogP contribution < -0.4 is 16.6 Å². The van der Waals surface area contributed by atoms with Gasteiger partial charge in [0.25, 0.3) is 5.56 Å². The van der Waals surface area contributed by atoms with Crippen LogP contribution in [-0.2, 0) is 0 Å². The average Bonchev–Trinajstić information content (AvgIpc) is 2.34. The molecule has 0 saturated carbocycles. The van der Waals surface area contributed by atoms with Crippen LogP contribution in [0.15, 0.2) is 21.9 Å². The third-order valence-corrected chi connectivity index (χ3v) is 2.45. The summed E-state index contributed by atoms with van der Waals surface area (Å²) in [6, 6.07) is -0.0774. The molecule has 1 rings (SSSR count). The lowest BCUT2D eigenvalue weighted by atomic mass is 10.2. The molecule has 0 unspecified atom stereocenters. The van der Waals surface area contributed by atoms with E-state index in [2.05, 4.69) is 12.2 Å². The van der Waals surface area contributed by atoms with Crippen molar-refractivity contribution >= 4 is 6.03 Å². The summed E-state index contributed by atoms with van der Waals surface area (Å²) in [6.45, 7) is 2.41. The highest BCUT2D eigenvalue weighted by Crippen LogP contribution is 1.96. The lowest BCUT2D eigenvalue weighted by Gasteiger charge is -2.06. The number of carbonyl (C=O) groups is 1. The molecule has 1 amide bonds. The predicted molar refractivity (Wildman–Crippen MR) is 64.4 cm³/mol. The van der Waals surface area contributed by atoms with Gasteiger partial charge in [-0.05, 0) is 6.42 Å². The third kappa shape index (κ3) is 3.54. The first-order chi connectivity index (χ1) is 8.57. The summed E-state index contributed by atoms with van der Waals surface area (Å²) in [5.41, 5.74) is -2.14. The van der Waals surface area contributed by atoms with Gasteiger partial charge in [0.2, 0.25) is 0 Å². The lowest BCUT2D eigenvalue weighted by Crippen LogP contribution is -2.46. The molecular weight excluding hydrogens is 241 g/mol. The van der Waals surface area contributed by atoms with Crippen LogP contribution in [0.3, 0.4) is 0 Å². The van der Waals surface area contributed by atoms with Gasteiger partial charge in [0, 0.05) is 18.8 Å². The summed E-state index contributed by atoms with van der Waals surface area (Å²) in [5, 5.41) is 2.41.